The van der Waals surface area contributed by atoms with Crippen molar-refractivity contribution in [2.75, 3.05) is 13.2 Å². The zero-order chi connectivity index (χ0) is 16.9. The number of aromatic nitrogens is 2. The van der Waals surface area contributed by atoms with Crippen molar-refractivity contribution < 1.29 is 5.11 Å². The highest BCUT2D eigenvalue weighted by atomic mass is 16.2. The Balaban J connectivity index is 1.89. The van der Waals surface area contributed by atoms with Crippen LogP contribution >= 0.6 is 0 Å². The molecule has 0 radical (unpaired) electrons. The van der Waals surface area contributed by atoms with Crippen molar-refractivity contribution in [3.63, 3.8) is 0 Å². The number of hydrogen-bond donors (Lipinski definition) is 1. The van der Waals surface area contributed by atoms with E-state index >= 15 is 0 Å². The average molecular weight is 324 g/mol. The van der Waals surface area contributed by atoms with E-state index in [4.69, 9.17) is 5.11 Å². The van der Waals surface area contributed by atoms with Crippen LogP contribution in [0.1, 0.15) is 42.6 Å². The van der Waals surface area contributed by atoms with Crippen molar-refractivity contribution in [3.05, 3.63) is 47.3 Å². The highest BCUT2D eigenvalue weighted by Gasteiger charge is 2.30. The summed E-state index contributed by atoms with van der Waals surface area (Å²) >= 11 is 0. The Bertz CT molecular complexity index is 713. The molecular weight excluding hydrogens is 300 g/mol. The second-order valence-electron chi connectivity index (χ2n) is 6.40. The minimum absolute atomic E-state index is 0.239. The van der Waals surface area contributed by atoms with Crippen LogP contribution in [0, 0.1) is 18.3 Å². The van der Waals surface area contributed by atoms with Crippen LogP contribution in [0.4, 0.5) is 0 Å². The lowest BCUT2D eigenvalue weighted by molar-refractivity contribution is 0.225. The third-order valence-electron chi connectivity index (χ3n) is 4.54. The van der Waals surface area contributed by atoms with Gasteiger partial charge in [0.1, 0.15) is 6.07 Å². The standard InChI is InChI=1S/C19H24N4O/c1-15-18(13-20)19(23(21-15)17-7-3-2-4-8-17)14-22(16-9-10-16)11-5-6-12-24/h2-4,7-8,16,24H,5-6,9-12,14H2,1H3. The number of nitriles is 1. The van der Waals surface area contributed by atoms with Gasteiger partial charge in [0.2, 0.25) is 0 Å². The number of aryl methyl sites for hydroxylation is 1. The maximum Gasteiger partial charge on any atom is 0.103 e. The number of hydrogen-bond acceptors (Lipinski definition) is 4. The molecule has 5 heteroatoms. The van der Waals surface area contributed by atoms with Crippen LogP contribution in [0.15, 0.2) is 30.3 Å². The van der Waals surface area contributed by atoms with Crippen molar-refractivity contribution in [2.24, 2.45) is 0 Å². The van der Waals surface area contributed by atoms with E-state index in [0.29, 0.717) is 11.6 Å². The van der Waals surface area contributed by atoms with Crippen LogP contribution in [-0.2, 0) is 6.54 Å². The van der Waals surface area contributed by atoms with E-state index in [2.05, 4.69) is 16.1 Å². The molecule has 0 saturated heterocycles. The highest BCUT2D eigenvalue weighted by Crippen LogP contribution is 2.30. The lowest BCUT2D eigenvalue weighted by Crippen LogP contribution is -2.28. The van der Waals surface area contributed by atoms with Crippen LogP contribution < -0.4 is 0 Å². The Morgan fingerprint density at radius 1 is 1.29 bits per heavy atom. The first-order valence-corrected chi connectivity index (χ1v) is 8.63. The highest BCUT2D eigenvalue weighted by molar-refractivity contribution is 5.43. The SMILES string of the molecule is Cc1nn(-c2ccccc2)c(CN(CCCCO)C2CC2)c1C#N. The van der Waals surface area contributed by atoms with E-state index in [9.17, 15) is 5.26 Å². The van der Waals surface area contributed by atoms with Crippen molar-refractivity contribution in [3.8, 4) is 11.8 Å². The van der Waals surface area contributed by atoms with Crippen molar-refractivity contribution in [2.45, 2.75) is 45.2 Å². The number of rotatable bonds is 8. The summed E-state index contributed by atoms with van der Waals surface area (Å²) in [6, 6.07) is 12.9. The van der Waals surface area contributed by atoms with Gasteiger partial charge in [-0.15, -0.1) is 0 Å². The Kier molecular flexibility index (Phi) is 5.29. The minimum Gasteiger partial charge on any atom is -0.396 e. The fourth-order valence-corrected chi connectivity index (χ4v) is 3.10. The molecule has 1 N–H and O–H groups in total. The molecule has 1 fully saturated rings. The molecule has 2 aromatic rings. The van der Waals surface area contributed by atoms with Crippen LogP contribution in [0.5, 0.6) is 0 Å². The van der Waals surface area contributed by atoms with Crippen LogP contribution in [0.3, 0.4) is 0 Å². The predicted octanol–water partition coefficient (Wildman–Crippen LogP) is 2.79. The molecule has 0 atom stereocenters. The zero-order valence-corrected chi connectivity index (χ0v) is 14.1. The summed E-state index contributed by atoms with van der Waals surface area (Å²) in [6.07, 6.45) is 4.25. The monoisotopic (exact) mass is 324 g/mol. The molecule has 0 spiro atoms. The number of aliphatic hydroxyl groups is 1. The van der Waals surface area contributed by atoms with Crippen molar-refractivity contribution in [1.29, 1.82) is 5.26 Å². The number of benzene rings is 1. The maximum absolute atomic E-state index is 9.59. The quantitative estimate of drug-likeness (QED) is 0.758. The van der Waals surface area contributed by atoms with Gasteiger partial charge in [0.15, 0.2) is 0 Å². The third kappa shape index (κ3) is 3.66. The van der Waals surface area contributed by atoms with Gasteiger partial charge in [0.05, 0.1) is 22.6 Å². The molecule has 1 aliphatic carbocycles. The summed E-state index contributed by atoms with van der Waals surface area (Å²) in [5.74, 6) is 0. The predicted molar refractivity (Wildman–Crippen MR) is 92.8 cm³/mol. The van der Waals surface area contributed by atoms with E-state index in [-0.39, 0.29) is 6.61 Å². The van der Waals surface area contributed by atoms with Gasteiger partial charge in [-0.3, -0.25) is 4.90 Å². The van der Waals surface area contributed by atoms with Crippen LogP contribution in [0.2, 0.25) is 0 Å². The molecule has 126 valence electrons. The third-order valence-corrected chi connectivity index (χ3v) is 4.54. The summed E-state index contributed by atoms with van der Waals surface area (Å²) < 4.78 is 1.91. The molecule has 1 aliphatic rings. The van der Waals surface area contributed by atoms with Crippen molar-refractivity contribution in [1.82, 2.24) is 14.7 Å². The van der Waals surface area contributed by atoms with Gasteiger partial charge < -0.3 is 5.11 Å². The molecule has 5 nitrogen and oxygen atoms in total. The van der Waals surface area contributed by atoms with Crippen molar-refractivity contribution >= 4 is 0 Å². The molecule has 24 heavy (non-hydrogen) atoms. The molecule has 1 aromatic heterocycles. The molecular formula is C19H24N4O. The first-order valence-electron chi connectivity index (χ1n) is 8.63. The molecule has 1 aromatic carbocycles. The number of nitrogens with zero attached hydrogens (tertiary/aromatic N) is 4. The lowest BCUT2D eigenvalue weighted by atomic mass is 10.2. The summed E-state index contributed by atoms with van der Waals surface area (Å²) in [6.45, 7) is 3.82. The van der Waals surface area contributed by atoms with Gasteiger partial charge in [-0.05, 0) is 51.3 Å². The first-order chi connectivity index (χ1) is 11.7. The smallest absolute Gasteiger partial charge is 0.103 e. The van der Waals surface area contributed by atoms with Gasteiger partial charge in [0, 0.05) is 19.2 Å². The normalized spacial score (nSPS) is 14.1. The number of aliphatic hydroxyl groups excluding tert-OH is 1. The topological polar surface area (TPSA) is 65.1 Å². The summed E-state index contributed by atoms with van der Waals surface area (Å²) in [7, 11) is 0. The second-order valence-corrected chi connectivity index (χ2v) is 6.40. The molecule has 1 heterocycles. The van der Waals surface area contributed by atoms with Crippen LogP contribution in [0.25, 0.3) is 5.69 Å². The van der Waals surface area contributed by atoms with Gasteiger partial charge in [-0.1, -0.05) is 18.2 Å². The zero-order valence-electron chi connectivity index (χ0n) is 14.1. The summed E-state index contributed by atoms with van der Waals surface area (Å²) in [5.41, 5.74) is 3.43. The Labute approximate surface area is 143 Å². The Hall–Kier alpha value is -2.16. The van der Waals surface area contributed by atoms with Gasteiger partial charge in [-0.2, -0.15) is 10.4 Å². The molecule has 0 aliphatic heterocycles. The fraction of sp³-hybridized carbons (Fsp3) is 0.474. The number of unbranched alkanes of at least 4 members (excludes halogenated alkanes) is 1. The molecule has 0 bridgehead atoms. The van der Waals surface area contributed by atoms with E-state index in [1.807, 2.05) is 41.9 Å². The van der Waals surface area contributed by atoms with E-state index < -0.39 is 0 Å². The second kappa shape index (κ2) is 7.61. The van der Waals surface area contributed by atoms with Gasteiger partial charge >= 0.3 is 0 Å². The van der Waals surface area contributed by atoms with Gasteiger partial charge in [-0.25, -0.2) is 4.68 Å². The summed E-state index contributed by atoms with van der Waals surface area (Å²) in [5, 5.41) is 23.2. The fourth-order valence-electron chi connectivity index (χ4n) is 3.10. The lowest BCUT2D eigenvalue weighted by Gasteiger charge is -2.22. The minimum atomic E-state index is 0.239. The average Bonchev–Trinajstić information content (AvgIpc) is 3.39. The largest absolute Gasteiger partial charge is 0.396 e. The Morgan fingerprint density at radius 2 is 2.04 bits per heavy atom. The van der Waals surface area contributed by atoms with E-state index in [1.165, 1.54) is 12.8 Å². The molecule has 0 unspecified atom stereocenters. The van der Waals surface area contributed by atoms with E-state index in [1.54, 1.807) is 0 Å². The van der Waals surface area contributed by atoms with E-state index in [0.717, 1.165) is 43.0 Å². The molecule has 1 saturated carbocycles. The first kappa shape index (κ1) is 16.7. The van der Waals surface area contributed by atoms with Gasteiger partial charge in [0.25, 0.3) is 0 Å². The maximum atomic E-state index is 9.59. The molecule has 3 rings (SSSR count). The molecule has 0 amide bonds. The Morgan fingerprint density at radius 3 is 2.67 bits per heavy atom. The number of para-hydroxylation sites is 1. The van der Waals surface area contributed by atoms with Crippen LogP contribution in [-0.4, -0.2) is 39.0 Å². The summed E-state index contributed by atoms with van der Waals surface area (Å²) in [4.78, 5) is 2.44.